The summed E-state index contributed by atoms with van der Waals surface area (Å²) < 4.78 is 0. The highest BCUT2D eigenvalue weighted by atomic mass is 14.9. The normalized spacial score (nSPS) is 12.7. The Kier molecular flexibility index (Phi) is 4.65. The Labute approximate surface area is 222 Å². The first-order valence-electron chi connectivity index (χ1n) is 13.3. The smallest absolute Gasteiger partial charge is 0.0495 e. The monoisotopic (exact) mass is 483 g/mol. The molecule has 8 rings (SSSR count). The average Bonchev–Trinajstić information content (AvgIpc) is 3.32. The minimum absolute atomic E-state index is 0.869. The van der Waals surface area contributed by atoms with Crippen LogP contribution >= 0.6 is 0 Å². The fraction of sp³-hybridized carbons (Fsp3) is 0.0270. The van der Waals surface area contributed by atoms with Crippen LogP contribution in [0.1, 0.15) is 5.56 Å². The lowest BCUT2D eigenvalue weighted by atomic mass is 9.92. The molecule has 0 spiro atoms. The summed E-state index contributed by atoms with van der Waals surface area (Å²) in [5.41, 5.74) is 15.3. The summed E-state index contributed by atoms with van der Waals surface area (Å²) >= 11 is 0. The first kappa shape index (κ1) is 21.2. The molecule has 1 heteroatoms. The van der Waals surface area contributed by atoms with Crippen molar-refractivity contribution in [1.82, 2.24) is 0 Å². The van der Waals surface area contributed by atoms with Crippen LogP contribution in [0.15, 0.2) is 127 Å². The van der Waals surface area contributed by atoms with Gasteiger partial charge in [0.15, 0.2) is 0 Å². The summed E-state index contributed by atoms with van der Waals surface area (Å²) in [5.74, 6) is 0. The summed E-state index contributed by atoms with van der Waals surface area (Å²) in [6.07, 6.45) is 4.38. The molecule has 0 fully saturated rings. The Morgan fingerprint density at radius 2 is 1.11 bits per heavy atom. The molecule has 0 atom stereocenters. The number of fused-ring (bicyclic) bond motifs is 4. The zero-order chi connectivity index (χ0) is 25.1. The molecule has 1 N–H and O–H groups in total. The van der Waals surface area contributed by atoms with Crippen molar-refractivity contribution in [3.05, 3.63) is 133 Å². The second kappa shape index (κ2) is 8.33. The first-order valence-corrected chi connectivity index (χ1v) is 13.3. The van der Waals surface area contributed by atoms with E-state index in [-0.39, 0.29) is 0 Å². The SMILES string of the molecule is C1=Cc2cccc(-c3cccc(-c4ccc(-c5ccc6c7c(cccc57)-c5ccccc5-6)cc4)c3)c2NC1. The number of hydrogen-bond donors (Lipinski definition) is 1. The van der Waals surface area contributed by atoms with E-state index >= 15 is 0 Å². The molecule has 1 heterocycles. The molecule has 1 aliphatic heterocycles. The first-order chi connectivity index (χ1) is 18.8. The summed E-state index contributed by atoms with van der Waals surface area (Å²) in [4.78, 5) is 0. The van der Waals surface area contributed by atoms with Crippen molar-refractivity contribution in [2.45, 2.75) is 0 Å². The second-order valence-electron chi connectivity index (χ2n) is 10.1. The quantitative estimate of drug-likeness (QED) is 0.264. The number of rotatable bonds is 3. The highest BCUT2D eigenvalue weighted by Gasteiger charge is 2.22. The highest BCUT2D eigenvalue weighted by Crippen LogP contribution is 2.49. The van der Waals surface area contributed by atoms with Crippen molar-refractivity contribution in [3.8, 4) is 55.6 Å². The molecule has 6 aromatic rings. The molecule has 178 valence electrons. The van der Waals surface area contributed by atoms with Gasteiger partial charge in [-0.05, 0) is 72.5 Å². The lowest BCUT2D eigenvalue weighted by Crippen LogP contribution is -2.05. The van der Waals surface area contributed by atoms with Crippen LogP contribution in [0.5, 0.6) is 0 Å². The molecular weight excluding hydrogens is 458 g/mol. The van der Waals surface area contributed by atoms with Gasteiger partial charge in [0, 0.05) is 17.8 Å². The van der Waals surface area contributed by atoms with Gasteiger partial charge in [0.25, 0.3) is 0 Å². The van der Waals surface area contributed by atoms with Crippen LogP contribution in [-0.4, -0.2) is 6.54 Å². The maximum Gasteiger partial charge on any atom is 0.0495 e. The van der Waals surface area contributed by atoms with Crippen molar-refractivity contribution in [2.75, 3.05) is 11.9 Å². The van der Waals surface area contributed by atoms with E-state index in [1.807, 2.05) is 0 Å². The van der Waals surface area contributed by atoms with Crippen LogP contribution in [0.2, 0.25) is 0 Å². The maximum atomic E-state index is 3.56. The molecule has 2 aliphatic rings. The largest absolute Gasteiger partial charge is 0.381 e. The van der Waals surface area contributed by atoms with Gasteiger partial charge in [-0.25, -0.2) is 0 Å². The zero-order valence-electron chi connectivity index (χ0n) is 20.9. The second-order valence-corrected chi connectivity index (χ2v) is 10.1. The van der Waals surface area contributed by atoms with E-state index < -0.39 is 0 Å². The topological polar surface area (TPSA) is 12.0 Å². The molecular formula is C37H25N. The Hall–Kier alpha value is -4.88. The molecule has 1 aliphatic carbocycles. The molecule has 0 radical (unpaired) electrons. The van der Waals surface area contributed by atoms with Crippen molar-refractivity contribution in [3.63, 3.8) is 0 Å². The lowest BCUT2D eigenvalue weighted by Gasteiger charge is -2.18. The van der Waals surface area contributed by atoms with Crippen LogP contribution in [-0.2, 0) is 0 Å². The molecule has 38 heavy (non-hydrogen) atoms. The van der Waals surface area contributed by atoms with Gasteiger partial charge in [0.05, 0.1) is 0 Å². The lowest BCUT2D eigenvalue weighted by molar-refractivity contribution is 1.31. The molecule has 6 aromatic carbocycles. The number of benzene rings is 6. The number of hydrogen-bond acceptors (Lipinski definition) is 1. The van der Waals surface area contributed by atoms with Gasteiger partial charge in [-0.2, -0.15) is 0 Å². The summed E-state index contributed by atoms with van der Waals surface area (Å²) in [7, 11) is 0. The fourth-order valence-electron chi connectivity index (χ4n) is 6.26. The van der Waals surface area contributed by atoms with Gasteiger partial charge in [-0.1, -0.05) is 127 Å². The zero-order valence-corrected chi connectivity index (χ0v) is 20.9. The van der Waals surface area contributed by atoms with Gasteiger partial charge in [-0.3, -0.25) is 0 Å². The van der Waals surface area contributed by atoms with E-state index in [4.69, 9.17) is 0 Å². The van der Waals surface area contributed by atoms with E-state index in [1.165, 1.54) is 77.7 Å². The van der Waals surface area contributed by atoms with Crippen LogP contribution in [0, 0.1) is 0 Å². The Morgan fingerprint density at radius 3 is 1.97 bits per heavy atom. The molecule has 0 aromatic heterocycles. The number of anilines is 1. The highest BCUT2D eigenvalue weighted by molar-refractivity contribution is 6.18. The fourth-order valence-corrected chi connectivity index (χ4v) is 6.26. The predicted molar refractivity (Wildman–Crippen MR) is 162 cm³/mol. The van der Waals surface area contributed by atoms with Crippen molar-refractivity contribution < 1.29 is 0 Å². The summed E-state index contributed by atoms with van der Waals surface area (Å²) in [6.45, 7) is 0.869. The van der Waals surface area contributed by atoms with E-state index in [9.17, 15) is 0 Å². The van der Waals surface area contributed by atoms with Gasteiger partial charge in [0.2, 0.25) is 0 Å². The van der Waals surface area contributed by atoms with Crippen LogP contribution in [0.25, 0.3) is 72.5 Å². The summed E-state index contributed by atoms with van der Waals surface area (Å²) in [5, 5.41) is 6.25. The average molecular weight is 484 g/mol. The Bertz CT molecular complexity index is 1880. The molecule has 0 amide bonds. The molecule has 0 unspecified atom stereocenters. The van der Waals surface area contributed by atoms with E-state index in [0.29, 0.717) is 0 Å². The Morgan fingerprint density at radius 1 is 0.447 bits per heavy atom. The van der Waals surface area contributed by atoms with Crippen LogP contribution in [0.4, 0.5) is 5.69 Å². The van der Waals surface area contributed by atoms with Crippen molar-refractivity contribution >= 4 is 22.5 Å². The van der Waals surface area contributed by atoms with Gasteiger partial charge >= 0.3 is 0 Å². The maximum absolute atomic E-state index is 3.56. The molecule has 1 nitrogen and oxygen atoms in total. The number of para-hydroxylation sites is 1. The third kappa shape index (κ3) is 3.19. The van der Waals surface area contributed by atoms with Gasteiger partial charge in [0.1, 0.15) is 0 Å². The standard InChI is InChI=1S/C37H25N/c1-2-12-32-31(11-1)34-15-5-14-33-29(20-21-35(32)36(33)34)25-18-16-24(17-19-25)27-8-3-9-28(23-27)30-13-4-7-26-10-6-22-38-37(26)30/h1-21,23,38H,22H2. The predicted octanol–water partition coefficient (Wildman–Crippen LogP) is 9.93. The van der Waals surface area contributed by atoms with Crippen molar-refractivity contribution in [1.29, 1.82) is 0 Å². The Balaban J connectivity index is 1.18. The van der Waals surface area contributed by atoms with E-state index in [1.54, 1.807) is 0 Å². The van der Waals surface area contributed by atoms with Crippen LogP contribution in [0.3, 0.4) is 0 Å². The number of nitrogens with one attached hydrogen (secondary N) is 1. The van der Waals surface area contributed by atoms with E-state index in [2.05, 4.69) is 139 Å². The summed E-state index contributed by atoms with van der Waals surface area (Å²) in [6, 6.07) is 44.5. The third-order valence-electron chi connectivity index (χ3n) is 8.04. The van der Waals surface area contributed by atoms with Crippen molar-refractivity contribution in [2.24, 2.45) is 0 Å². The minimum atomic E-state index is 0.869. The molecule has 0 bridgehead atoms. The molecule has 0 saturated heterocycles. The van der Waals surface area contributed by atoms with Gasteiger partial charge < -0.3 is 5.32 Å². The third-order valence-corrected chi connectivity index (χ3v) is 8.04. The van der Waals surface area contributed by atoms with E-state index in [0.717, 1.165) is 6.54 Å². The van der Waals surface area contributed by atoms with Crippen LogP contribution < -0.4 is 5.32 Å². The molecule has 0 saturated carbocycles. The minimum Gasteiger partial charge on any atom is -0.381 e. The van der Waals surface area contributed by atoms with Gasteiger partial charge in [-0.15, -0.1) is 0 Å².